The van der Waals surface area contributed by atoms with E-state index in [4.69, 9.17) is 27.0 Å². The van der Waals surface area contributed by atoms with Crippen LogP contribution >= 0.6 is 0 Å². The van der Waals surface area contributed by atoms with Crippen LogP contribution in [0, 0.1) is 0 Å². The molecule has 0 aromatic heterocycles. The summed E-state index contributed by atoms with van der Waals surface area (Å²) in [4.78, 5) is 35.0. The van der Waals surface area contributed by atoms with Crippen molar-refractivity contribution < 1.29 is 29.0 Å². The molecule has 0 fully saturated rings. The van der Waals surface area contributed by atoms with Crippen LogP contribution in [0.1, 0.15) is 51.4 Å². The first-order valence-electron chi connectivity index (χ1n) is 11.3. The zero-order valence-electron chi connectivity index (χ0n) is 19.0. The van der Waals surface area contributed by atoms with Gasteiger partial charge < -0.3 is 47.7 Å². The molecule has 0 aromatic rings. The Morgan fingerprint density at radius 2 is 1.28 bits per heavy atom. The van der Waals surface area contributed by atoms with Crippen molar-refractivity contribution in [2.45, 2.75) is 63.5 Å². The van der Waals surface area contributed by atoms with Crippen molar-refractivity contribution in [1.82, 2.24) is 16.0 Å². The second-order valence-corrected chi connectivity index (χ2v) is 7.52. The van der Waals surface area contributed by atoms with Gasteiger partial charge in [0.2, 0.25) is 5.91 Å². The summed E-state index contributed by atoms with van der Waals surface area (Å²) in [6, 6.07) is -0.871. The fourth-order valence-corrected chi connectivity index (χ4v) is 2.90. The van der Waals surface area contributed by atoms with Crippen molar-refractivity contribution in [1.29, 1.82) is 0 Å². The fourth-order valence-electron chi connectivity index (χ4n) is 2.90. The molecule has 0 aliphatic carbocycles. The van der Waals surface area contributed by atoms with Crippen molar-refractivity contribution in [2.75, 3.05) is 45.9 Å². The highest BCUT2D eigenvalue weighted by Gasteiger charge is 2.18. The predicted octanol–water partition coefficient (Wildman–Crippen LogP) is -0.153. The van der Waals surface area contributed by atoms with Gasteiger partial charge in [-0.1, -0.05) is 12.8 Å². The summed E-state index contributed by atoms with van der Waals surface area (Å²) in [7, 11) is 0. The molecule has 0 radical (unpaired) electrons. The van der Waals surface area contributed by atoms with E-state index < -0.39 is 18.3 Å². The van der Waals surface area contributed by atoms with Gasteiger partial charge in [0, 0.05) is 0 Å². The van der Waals surface area contributed by atoms with Crippen molar-refractivity contribution in [3.05, 3.63) is 0 Å². The molecule has 12 nitrogen and oxygen atoms in total. The molecule has 0 bridgehead atoms. The number of ether oxygens (including phenoxy) is 2. The van der Waals surface area contributed by atoms with E-state index in [0.29, 0.717) is 45.4 Å². The molecule has 0 aromatic carbocycles. The van der Waals surface area contributed by atoms with Crippen LogP contribution in [0.15, 0.2) is 0 Å². The largest absolute Gasteiger partial charge is 0.505 e. The van der Waals surface area contributed by atoms with Gasteiger partial charge in [-0.15, -0.1) is 0 Å². The van der Waals surface area contributed by atoms with Gasteiger partial charge >= 0.3 is 12.2 Å². The van der Waals surface area contributed by atoms with E-state index in [-0.39, 0.29) is 31.7 Å². The smallest absolute Gasteiger partial charge is 0.450 e. The number of unbranched alkanes of at least 4 members (excludes halogenated alkanes) is 3. The maximum Gasteiger partial charge on any atom is 0.505 e. The summed E-state index contributed by atoms with van der Waals surface area (Å²) in [6.45, 7) is 2.34. The lowest BCUT2D eigenvalue weighted by Gasteiger charge is -2.21. The van der Waals surface area contributed by atoms with E-state index in [1.54, 1.807) is 0 Å². The zero-order valence-corrected chi connectivity index (χ0v) is 19.0. The van der Waals surface area contributed by atoms with Gasteiger partial charge in [0.25, 0.3) is 0 Å². The third kappa shape index (κ3) is 18.6. The third-order valence-corrected chi connectivity index (χ3v) is 4.62. The molecule has 0 saturated carbocycles. The predicted molar refractivity (Wildman–Crippen MR) is 121 cm³/mol. The number of nitrogens with one attached hydrogen (secondary N) is 3. The van der Waals surface area contributed by atoms with Gasteiger partial charge in [-0.25, -0.2) is 9.59 Å². The number of rotatable bonds is 20. The molecular formula is C20H42N6O6. The van der Waals surface area contributed by atoms with Crippen molar-refractivity contribution in [3.8, 4) is 0 Å². The van der Waals surface area contributed by atoms with E-state index in [2.05, 4.69) is 20.7 Å². The minimum Gasteiger partial charge on any atom is -0.450 e. The van der Waals surface area contributed by atoms with Gasteiger partial charge in [-0.2, -0.15) is 0 Å². The Kier molecular flexibility index (Phi) is 19.3. The lowest BCUT2D eigenvalue weighted by molar-refractivity contribution is -0.121. The lowest BCUT2D eigenvalue weighted by atomic mass is 10.1. The standard InChI is InChI=1S/C20H42N6O6/c21-9-3-1-7-16(25-18(27)13-24-12-6-5-11-23)14-31-19(28)26-17(8-2-4-10-22)15-32-20(29)30/h16-17,24H,1-15,21-23H2,(H,25,27)(H,26,28)(H,29,30)/t16-,17+/m1/s1. The van der Waals surface area contributed by atoms with E-state index in [9.17, 15) is 14.4 Å². The van der Waals surface area contributed by atoms with Crippen molar-refractivity contribution in [3.63, 3.8) is 0 Å². The Balaban J connectivity index is 4.53. The quantitative estimate of drug-likeness (QED) is 0.0940. The Labute approximate surface area is 190 Å². The molecular weight excluding hydrogens is 420 g/mol. The summed E-state index contributed by atoms with van der Waals surface area (Å²) in [5.74, 6) is -0.186. The number of carbonyl (C=O) groups excluding carboxylic acids is 2. The summed E-state index contributed by atoms with van der Waals surface area (Å²) in [6.07, 6.45) is 3.83. The Morgan fingerprint density at radius 3 is 1.84 bits per heavy atom. The molecule has 2 atom stereocenters. The van der Waals surface area contributed by atoms with Gasteiger partial charge in [0.05, 0.1) is 18.6 Å². The Morgan fingerprint density at radius 1 is 0.750 bits per heavy atom. The number of amides is 2. The zero-order chi connectivity index (χ0) is 24.0. The molecule has 12 heteroatoms. The summed E-state index contributed by atoms with van der Waals surface area (Å²) < 4.78 is 9.85. The molecule has 32 heavy (non-hydrogen) atoms. The number of carbonyl (C=O) groups is 3. The first-order valence-corrected chi connectivity index (χ1v) is 11.3. The van der Waals surface area contributed by atoms with E-state index in [0.717, 1.165) is 32.1 Å². The number of nitrogens with two attached hydrogens (primary N) is 3. The fraction of sp³-hybridized carbons (Fsp3) is 0.850. The van der Waals surface area contributed by atoms with Crippen LogP contribution in [0.2, 0.25) is 0 Å². The minimum absolute atomic E-state index is 0.00930. The van der Waals surface area contributed by atoms with Crippen LogP contribution in [-0.2, 0) is 14.3 Å². The van der Waals surface area contributed by atoms with Crippen LogP contribution in [-0.4, -0.2) is 81.3 Å². The highest BCUT2D eigenvalue weighted by molar-refractivity contribution is 5.78. The average molecular weight is 463 g/mol. The van der Waals surface area contributed by atoms with E-state index >= 15 is 0 Å². The van der Waals surface area contributed by atoms with Crippen LogP contribution < -0.4 is 33.2 Å². The number of hydrogen-bond donors (Lipinski definition) is 7. The van der Waals surface area contributed by atoms with Gasteiger partial charge in [-0.05, 0) is 64.7 Å². The maximum atomic E-state index is 12.2. The number of alkyl carbamates (subject to hydrolysis) is 1. The van der Waals surface area contributed by atoms with Gasteiger partial charge in [0.15, 0.2) is 0 Å². The second kappa shape index (κ2) is 20.7. The number of carboxylic acid groups (broad SMARTS) is 1. The topological polar surface area (TPSA) is 204 Å². The number of hydrogen-bond acceptors (Lipinski definition) is 9. The monoisotopic (exact) mass is 462 g/mol. The van der Waals surface area contributed by atoms with Crippen molar-refractivity contribution >= 4 is 18.2 Å². The second-order valence-electron chi connectivity index (χ2n) is 7.52. The van der Waals surface area contributed by atoms with Gasteiger partial charge in [-0.3, -0.25) is 4.79 Å². The first kappa shape index (κ1) is 29.9. The molecule has 0 saturated heterocycles. The minimum atomic E-state index is -1.41. The van der Waals surface area contributed by atoms with Crippen molar-refractivity contribution in [2.24, 2.45) is 17.2 Å². The van der Waals surface area contributed by atoms with Crippen LogP contribution in [0.3, 0.4) is 0 Å². The van der Waals surface area contributed by atoms with Gasteiger partial charge in [0.1, 0.15) is 13.2 Å². The molecule has 0 aliphatic rings. The molecule has 0 heterocycles. The first-order chi connectivity index (χ1) is 15.4. The maximum absolute atomic E-state index is 12.2. The highest BCUT2D eigenvalue weighted by Crippen LogP contribution is 2.04. The van der Waals surface area contributed by atoms with Crippen LogP contribution in [0.4, 0.5) is 9.59 Å². The molecule has 10 N–H and O–H groups in total. The van der Waals surface area contributed by atoms with E-state index in [1.165, 1.54) is 0 Å². The normalized spacial score (nSPS) is 12.6. The Hall–Kier alpha value is -2.15. The summed E-state index contributed by atoms with van der Waals surface area (Å²) in [5, 5.41) is 17.2. The molecule has 188 valence electrons. The highest BCUT2D eigenvalue weighted by atomic mass is 16.7. The SMILES string of the molecule is NCCCCNCC(=O)N[C@H](CCCCN)COC(=O)N[C@@H](CCCCN)COC(=O)O. The molecule has 0 unspecified atom stereocenters. The molecule has 0 spiro atoms. The molecule has 2 amide bonds. The Bertz CT molecular complexity index is 511. The molecule has 0 rings (SSSR count). The molecule has 0 aliphatic heterocycles. The van der Waals surface area contributed by atoms with E-state index in [1.807, 2.05) is 0 Å². The van der Waals surface area contributed by atoms with Crippen LogP contribution in [0.5, 0.6) is 0 Å². The average Bonchev–Trinajstić information content (AvgIpc) is 2.75. The third-order valence-electron chi connectivity index (χ3n) is 4.62. The summed E-state index contributed by atoms with van der Waals surface area (Å²) >= 11 is 0. The lowest BCUT2D eigenvalue weighted by Crippen LogP contribution is -2.45. The van der Waals surface area contributed by atoms with Crippen LogP contribution in [0.25, 0.3) is 0 Å². The summed E-state index contributed by atoms with van der Waals surface area (Å²) in [5.41, 5.74) is 16.4.